The van der Waals surface area contributed by atoms with E-state index in [-0.39, 0.29) is 0 Å². The summed E-state index contributed by atoms with van der Waals surface area (Å²) >= 11 is 0. The molecule has 0 unspecified atom stereocenters. The van der Waals surface area contributed by atoms with Crippen molar-refractivity contribution in [1.82, 2.24) is 0 Å². The standard InChI is InChI=1S/6C20H14BN/c1-3-7-18-15(5-1)9-10-17-12-14-21-13-11-16-6-2-4-8-19(16)22(21)20(17)18;1-2-9-17-15(7-1)16-8-3-4-10-18(16)20-19(17)11-13-21-12-5-6-14-22(20)21;1-2-6-17-15(5-1)7-10-19-18(17)9-8-16-11-13-21-12-3-4-14-22(21)20(16)19;1-2-6-17-14-19-18(13-16(17)5-1)8-7-15-9-11-21-10-3-4-12-22(21)20(15)19;1-2-6-18-15(5-1)7-8-16-13-17-9-11-21-10-3-4-12-22(21)20(17)14-19(16)18;1-2-6-16-12-19-14-20-17(13-18(19)11-15(16)5-1)7-9-21-8-3-4-10-22(20)21/h6*1-14H. The predicted molar refractivity (Wildman–Crippen MR) is 581 cm³/mol. The number of para-hydroxylation sites is 1. The molecule has 0 saturated carbocycles. The maximum atomic E-state index is 2.47. The summed E-state index contributed by atoms with van der Waals surface area (Å²) < 4.78 is 0. The van der Waals surface area contributed by atoms with Crippen LogP contribution < -0.4 is 28.9 Å². The highest BCUT2D eigenvalue weighted by molar-refractivity contribution is 6.79. The number of hydrogen-bond donors (Lipinski definition) is 0. The van der Waals surface area contributed by atoms with E-state index in [1.165, 1.54) is 197 Å². The molecule has 12 heterocycles. The zero-order valence-corrected chi connectivity index (χ0v) is 72.6. The normalized spacial score (nSPS) is 15.3. The third-order valence-electron chi connectivity index (χ3n) is 27.7. The van der Waals surface area contributed by atoms with Gasteiger partial charge in [0.1, 0.15) is 0 Å². The molecule has 0 aromatic heterocycles. The van der Waals surface area contributed by atoms with E-state index < -0.39 is 0 Å². The fourth-order valence-electron chi connectivity index (χ4n) is 21.4. The first-order valence-electron chi connectivity index (χ1n) is 46.1. The molecule has 612 valence electrons. The third kappa shape index (κ3) is 13.8. The van der Waals surface area contributed by atoms with E-state index in [4.69, 9.17) is 0 Å². The van der Waals surface area contributed by atoms with E-state index in [1.807, 2.05) is 0 Å². The Bertz CT molecular complexity index is 8330. The van der Waals surface area contributed by atoms with Crippen LogP contribution in [0.3, 0.4) is 0 Å². The van der Waals surface area contributed by atoms with Crippen LogP contribution in [-0.2, 0) is 0 Å². The zero-order chi connectivity index (χ0) is 87.1. The van der Waals surface area contributed by atoms with E-state index >= 15 is 0 Å². The summed E-state index contributed by atoms with van der Waals surface area (Å²) in [6.45, 7) is 1.96. The largest absolute Gasteiger partial charge is 0.383 e. The van der Waals surface area contributed by atoms with Crippen molar-refractivity contribution in [2.75, 3.05) is 28.9 Å². The SMILES string of the molecule is C1=CB2C=Cc3c(c4ccccc4c4ccccc34)N2C=C1.C1=CB2C=Cc3cc4cc5ccccc5cc4cc3N2C=C1.C1=CB2C=Cc3cc4ccc5ccccc5c4cc3N2C=C1.C1=CB2C=Cc3ccc4c(ccc5ccccc54)c3N2C=C1.C1=CB2C=Cc3ccc4cc5ccccc5cc4c3N2C=C1.C1=Cc2ccccc2N2B1C=Cc1ccc3ccccc3c12. The highest BCUT2D eigenvalue weighted by Gasteiger charge is 2.34. The van der Waals surface area contributed by atoms with Gasteiger partial charge < -0.3 is 28.9 Å². The van der Waals surface area contributed by atoms with Crippen LogP contribution in [0.2, 0.25) is 0 Å². The Labute approximate surface area is 771 Å². The van der Waals surface area contributed by atoms with Crippen LogP contribution in [0, 0.1) is 0 Å². The Balaban J connectivity index is 0.0000000851. The van der Waals surface area contributed by atoms with Crippen molar-refractivity contribution < 1.29 is 0 Å². The minimum atomic E-state index is 0.299. The van der Waals surface area contributed by atoms with Gasteiger partial charge in [-0.2, -0.15) is 0 Å². The Morgan fingerprint density at radius 3 is 1.09 bits per heavy atom. The highest BCUT2D eigenvalue weighted by Crippen LogP contribution is 2.48. The van der Waals surface area contributed by atoms with Crippen LogP contribution in [0.5, 0.6) is 0 Å². The maximum absolute atomic E-state index is 2.47. The van der Waals surface area contributed by atoms with E-state index in [2.05, 4.69) is 538 Å². The summed E-state index contributed by atoms with van der Waals surface area (Å²) in [5.41, 5.74) is 18.2. The Kier molecular flexibility index (Phi) is 19.5. The van der Waals surface area contributed by atoms with E-state index in [1.54, 1.807) is 0 Å². The lowest BCUT2D eigenvalue weighted by molar-refractivity contribution is 1.36. The van der Waals surface area contributed by atoms with Crippen molar-refractivity contribution in [3.8, 4) is 0 Å². The van der Waals surface area contributed by atoms with Gasteiger partial charge in [-0.15, -0.1) is 0 Å². The molecule has 12 heteroatoms. The molecule has 0 N–H and O–H groups in total. The molecule has 0 radical (unpaired) electrons. The van der Waals surface area contributed by atoms with Crippen molar-refractivity contribution in [2.45, 2.75) is 0 Å². The van der Waals surface area contributed by atoms with E-state index in [0.29, 0.717) is 41.1 Å². The molecule has 0 bridgehead atoms. The first kappa shape index (κ1) is 77.9. The molecule has 6 nitrogen and oxygen atoms in total. The van der Waals surface area contributed by atoms with Gasteiger partial charge in [-0.25, -0.2) is 0 Å². The van der Waals surface area contributed by atoms with Gasteiger partial charge in [0, 0.05) is 66.9 Å². The summed E-state index contributed by atoms with van der Waals surface area (Å²) in [6.07, 6.45) is 47.8. The summed E-state index contributed by atoms with van der Waals surface area (Å²) in [4.78, 5) is 14.3. The van der Waals surface area contributed by atoms with Gasteiger partial charge in [-0.1, -0.05) is 393 Å². The van der Waals surface area contributed by atoms with Crippen LogP contribution in [0.25, 0.3) is 161 Å². The maximum Gasteiger partial charge on any atom is 0.313 e. The number of anilines is 7. The molecule has 132 heavy (non-hydrogen) atoms. The van der Waals surface area contributed by atoms with Crippen molar-refractivity contribution in [2.24, 2.45) is 0 Å². The van der Waals surface area contributed by atoms with Crippen LogP contribution in [0.15, 0.2) is 467 Å². The van der Waals surface area contributed by atoms with Gasteiger partial charge in [-0.05, 0) is 246 Å². The summed E-state index contributed by atoms with van der Waals surface area (Å²) in [7, 11) is 0. The fourth-order valence-corrected chi connectivity index (χ4v) is 21.4. The van der Waals surface area contributed by atoms with Crippen molar-refractivity contribution in [3.63, 3.8) is 0 Å². The smallest absolute Gasteiger partial charge is 0.313 e. The molecule has 0 spiro atoms. The molecule has 18 aromatic carbocycles. The topological polar surface area (TPSA) is 19.4 Å². The third-order valence-corrected chi connectivity index (χ3v) is 27.7. The van der Waals surface area contributed by atoms with Gasteiger partial charge in [0.05, 0.1) is 0 Å². The van der Waals surface area contributed by atoms with Gasteiger partial charge in [0.25, 0.3) is 0 Å². The molecule has 18 aromatic rings. The second kappa shape index (κ2) is 33.0. The van der Waals surface area contributed by atoms with Crippen molar-refractivity contribution in [1.29, 1.82) is 0 Å². The molecule has 30 rings (SSSR count). The number of benzene rings is 18. The summed E-state index contributed by atoms with van der Waals surface area (Å²) in [6, 6.07) is 110. The number of allylic oxidation sites excluding steroid dienone is 10. The number of fused-ring (bicyclic) bond motifs is 39. The van der Waals surface area contributed by atoms with Gasteiger partial charge >= 0.3 is 41.1 Å². The van der Waals surface area contributed by atoms with E-state index in [9.17, 15) is 0 Å². The lowest BCUT2D eigenvalue weighted by Crippen LogP contribution is -2.37. The quantitative estimate of drug-likeness (QED) is 0.0850. The van der Waals surface area contributed by atoms with E-state index in [0.717, 1.165) is 0 Å². The average molecular weight is 1670 g/mol. The van der Waals surface area contributed by atoms with Gasteiger partial charge in [0.15, 0.2) is 0 Å². The molecule has 12 aliphatic rings. The van der Waals surface area contributed by atoms with Crippen LogP contribution >= 0.6 is 0 Å². The molecule has 0 atom stereocenters. The zero-order valence-electron chi connectivity index (χ0n) is 72.6. The Morgan fingerprint density at radius 1 is 0.152 bits per heavy atom. The Hall–Kier alpha value is -16.4. The molecule has 0 saturated heterocycles. The van der Waals surface area contributed by atoms with Crippen LogP contribution in [-0.4, -0.2) is 41.1 Å². The molecule has 0 fully saturated rings. The second-order valence-electron chi connectivity index (χ2n) is 35.3. The average Bonchev–Trinajstić information content (AvgIpc) is 0.728. The lowest BCUT2D eigenvalue weighted by Gasteiger charge is -2.37. The van der Waals surface area contributed by atoms with Crippen molar-refractivity contribution in [3.05, 3.63) is 506 Å². The second-order valence-corrected chi connectivity index (χ2v) is 35.3. The molecule has 12 aliphatic heterocycles. The summed E-state index contributed by atoms with van der Waals surface area (Å²) in [5.74, 6) is 27.0. The van der Waals surface area contributed by atoms with Gasteiger partial charge in [-0.3, -0.25) is 0 Å². The minimum absolute atomic E-state index is 0.299. The van der Waals surface area contributed by atoms with Crippen LogP contribution in [0.1, 0.15) is 38.9 Å². The molecular weight excluding hydrogens is 1590 g/mol. The number of nitrogens with zero attached hydrogens (tertiary/aromatic N) is 6. The minimum Gasteiger partial charge on any atom is -0.383 e. The predicted octanol–water partition coefficient (Wildman–Crippen LogP) is 30.0. The summed E-state index contributed by atoms with van der Waals surface area (Å²) in [5, 5.41) is 28.9. The first-order chi connectivity index (χ1) is 65.4. The van der Waals surface area contributed by atoms with Gasteiger partial charge in [0.2, 0.25) is 0 Å². The molecular formula is C120H84B6N6. The lowest BCUT2D eigenvalue weighted by atomic mass is 9.55. The Morgan fingerprint density at radius 2 is 0.492 bits per heavy atom. The highest BCUT2D eigenvalue weighted by atomic mass is 15.1. The fraction of sp³-hybridized carbons (Fsp3) is 0. The number of rotatable bonds is 0. The molecule has 0 amide bonds. The van der Waals surface area contributed by atoms with Crippen LogP contribution in [0.4, 0.5) is 39.8 Å². The monoisotopic (exact) mass is 1670 g/mol. The number of hydrogen-bond acceptors (Lipinski definition) is 6. The first-order valence-corrected chi connectivity index (χ1v) is 46.1. The van der Waals surface area contributed by atoms with Crippen molar-refractivity contribution >= 4 is 242 Å². The molecule has 0 aliphatic carbocycles.